The Morgan fingerprint density at radius 1 is 1.31 bits per heavy atom. The number of carboxylic acids is 1. The third-order valence-corrected chi connectivity index (χ3v) is 8.04. The highest BCUT2D eigenvalue weighted by atomic mass is 16.4. The molecule has 4 nitrogen and oxygen atoms in total. The molecule has 0 saturated heterocycles. The smallest absolute Gasteiger partial charge is 0.303 e. The summed E-state index contributed by atoms with van der Waals surface area (Å²) in [5.74, 6) is 1.12. The lowest BCUT2D eigenvalue weighted by Crippen LogP contribution is -2.36. The van der Waals surface area contributed by atoms with Crippen LogP contribution in [-0.2, 0) is 4.79 Å². The van der Waals surface area contributed by atoms with Crippen molar-refractivity contribution in [2.45, 2.75) is 90.3 Å². The van der Waals surface area contributed by atoms with Crippen molar-refractivity contribution < 1.29 is 20.1 Å². The van der Waals surface area contributed by atoms with Crippen LogP contribution in [0.15, 0.2) is 35.5 Å². The third-order valence-electron chi connectivity index (χ3n) is 8.04. The molecule has 0 amide bonds. The molecule has 29 heavy (non-hydrogen) atoms. The summed E-state index contributed by atoms with van der Waals surface area (Å²) in [7, 11) is 0. The number of rotatable bonds is 6. The van der Waals surface area contributed by atoms with E-state index in [0.29, 0.717) is 36.0 Å². The summed E-state index contributed by atoms with van der Waals surface area (Å²) in [5.41, 5.74) is 3.54. The molecule has 3 aliphatic rings. The highest BCUT2D eigenvalue weighted by Gasteiger charge is 2.50. The Labute approximate surface area is 175 Å². The molecular weight excluding hydrogens is 364 g/mol. The first-order valence-electron chi connectivity index (χ1n) is 11.4. The number of allylic oxidation sites excluding steroid dienone is 3. The van der Waals surface area contributed by atoms with Gasteiger partial charge < -0.3 is 15.3 Å². The molecule has 3 N–H and O–H groups in total. The van der Waals surface area contributed by atoms with Gasteiger partial charge in [0.1, 0.15) is 0 Å². The van der Waals surface area contributed by atoms with Gasteiger partial charge in [0, 0.05) is 12.8 Å². The maximum Gasteiger partial charge on any atom is 0.303 e. The molecule has 0 aromatic rings. The van der Waals surface area contributed by atoms with Crippen LogP contribution in [-0.4, -0.2) is 33.5 Å². The number of fused-ring (bicyclic) bond motifs is 1. The van der Waals surface area contributed by atoms with Crippen LogP contribution in [0.3, 0.4) is 0 Å². The number of carboxylic acid groups (broad SMARTS) is 1. The Bertz CT molecular complexity index is 691. The first-order chi connectivity index (χ1) is 13.7. The minimum atomic E-state index is -0.692. The highest BCUT2D eigenvalue weighted by Crippen LogP contribution is 2.59. The zero-order chi connectivity index (χ0) is 21.2. The van der Waals surface area contributed by atoms with E-state index in [9.17, 15) is 15.0 Å². The van der Waals surface area contributed by atoms with E-state index >= 15 is 0 Å². The van der Waals surface area contributed by atoms with Crippen LogP contribution in [0.2, 0.25) is 0 Å². The highest BCUT2D eigenvalue weighted by molar-refractivity contribution is 5.66. The largest absolute Gasteiger partial charge is 0.481 e. The van der Waals surface area contributed by atoms with Crippen molar-refractivity contribution in [3.05, 3.63) is 35.5 Å². The van der Waals surface area contributed by atoms with Crippen molar-refractivity contribution in [2.75, 3.05) is 0 Å². The van der Waals surface area contributed by atoms with E-state index in [0.717, 1.165) is 30.4 Å². The Morgan fingerprint density at radius 3 is 2.79 bits per heavy atom. The molecule has 0 bridgehead atoms. The zero-order valence-electron chi connectivity index (χ0n) is 18.1. The molecule has 0 unspecified atom stereocenters. The summed E-state index contributed by atoms with van der Waals surface area (Å²) >= 11 is 0. The second-order valence-electron chi connectivity index (χ2n) is 9.93. The molecule has 0 heterocycles. The summed E-state index contributed by atoms with van der Waals surface area (Å²) in [6, 6.07) is 0. The molecule has 6 atom stereocenters. The van der Waals surface area contributed by atoms with Gasteiger partial charge in [-0.1, -0.05) is 38.2 Å². The van der Waals surface area contributed by atoms with Crippen molar-refractivity contribution in [1.29, 1.82) is 0 Å². The normalized spacial score (nSPS) is 39.0. The second kappa shape index (κ2) is 9.18. The van der Waals surface area contributed by atoms with E-state index in [1.165, 1.54) is 31.3 Å². The number of aliphatic hydroxyl groups is 2. The lowest BCUT2D eigenvalue weighted by atomic mass is 9.60. The molecular formula is C25H38O4. The van der Waals surface area contributed by atoms with Crippen molar-refractivity contribution in [1.82, 2.24) is 0 Å². The minimum absolute atomic E-state index is 0.275. The average Bonchev–Trinajstić information content (AvgIpc) is 3.00. The van der Waals surface area contributed by atoms with Gasteiger partial charge in [0.2, 0.25) is 0 Å². The predicted molar refractivity (Wildman–Crippen MR) is 115 cm³/mol. The summed E-state index contributed by atoms with van der Waals surface area (Å²) in [4.78, 5) is 10.9. The molecule has 162 valence electrons. The monoisotopic (exact) mass is 402 g/mol. The van der Waals surface area contributed by atoms with Gasteiger partial charge in [-0.25, -0.2) is 0 Å². The van der Waals surface area contributed by atoms with Gasteiger partial charge in [-0.3, -0.25) is 4.79 Å². The number of hydrogen-bond donors (Lipinski definition) is 3. The lowest BCUT2D eigenvalue weighted by molar-refractivity contribution is -0.137. The molecule has 0 aromatic carbocycles. The number of aliphatic carboxylic acids is 1. The first-order valence-corrected chi connectivity index (χ1v) is 11.4. The standard InChI is InChI=1S/C25H38O4/c1-16(6-4-8-24(28)29)21-11-12-22-18(7-5-13-25(21,22)3)9-10-19-14-20(26)15-23(27)17(19)2/h9-10,16,20-23,26-27H,2,4-8,11-15H2,1,3H3,(H,28,29)/b18-9+,19-10+/t16-,20-,21-,22+,23+,25-/m1/s1. The van der Waals surface area contributed by atoms with Crippen molar-refractivity contribution >= 4 is 5.97 Å². The fourth-order valence-electron chi connectivity index (χ4n) is 6.46. The second-order valence-corrected chi connectivity index (χ2v) is 9.93. The Balaban J connectivity index is 1.72. The Kier molecular flexibility index (Phi) is 7.06. The molecule has 0 spiro atoms. The molecule has 3 fully saturated rings. The van der Waals surface area contributed by atoms with Gasteiger partial charge in [0.05, 0.1) is 12.2 Å². The molecule has 0 aromatic heterocycles. The molecule has 3 rings (SSSR count). The first kappa shape index (κ1) is 22.3. The zero-order valence-corrected chi connectivity index (χ0v) is 18.1. The van der Waals surface area contributed by atoms with Gasteiger partial charge in [0.15, 0.2) is 0 Å². The molecule has 4 heteroatoms. The Morgan fingerprint density at radius 2 is 2.07 bits per heavy atom. The van der Waals surface area contributed by atoms with E-state index in [1.807, 2.05) is 0 Å². The molecule has 0 aliphatic heterocycles. The van der Waals surface area contributed by atoms with Crippen LogP contribution >= 0.6 is 0 Å². The number of carbonyl (C=O) groups is 1. The van der Waals surface area contributed by atoms with Crippen molar-refractivity contribution in [2.24, 2.45) is 23.2 Å². The van der Waals surface area contributed by atoms with Gasteiger partial charge in [-0.05, 0) is 85.7 Å². The lowest BCUT2D eigenvalue weighted by Gasteiger charge is -2.44. The van der Waals surface area contributed by atoms with Crippen LogP contribution < -0.4 is 0 Å². The summed E-state index contributed by atoms with van der Waals surface area (Å²) in [5, 5.41) is 29.0. The van der Waals surface area contributed by atoms with Crippen LogP contribution in [0.5, 0.6) is 0 Å². The molecule has 3 aliphatic carbocycles. The maximum absolute atomic E-state index is 10.9. The fraction of sp³-hybridized carbons (Fsp3) is 0.720. The van der Waals surface area contributed by atoms with Gasteiger partial charge in [0.25, 0.3) is 0 Å². The summed E-state index contributed by atoms with van der Waals surface area (Å²) in [6.45, 7) is 8.80. The molecule has 3 saturated carbocycles. The quantitative estimate of drug-likeness (QED) is 0.583. The topological polar surface area (TPSA) is 77.8 Å². The number of aliphatic hydroxyl groups excluding tert-OH is 2. The van der Waals surface area contributed by atoms with Crippen LogP contribution in [0, 0.1) is 23.2 Å². The summed E-state index contributed by atoms with van der Waals surface area (Å²) < 4.78 is 0. The maximum atomic E-state index is 10.9. The van der Waals surface area contributed by atoms with E-state index in [2.05, 4.69) is 32.6 Å². The fourth-order valence-corrected chi connectivity index (χ4v) is 6.46. The molecule has 0 radical (unpaired) electrons. The van der Waals surface area contributed by atoms with E-state index in [4.69, 9.17) is 5.11 Å². The van der Waals surface area contributed by atoms with Crippen molar-refractivity contribution in [3.8, 4) is 0 Å². The minimum Gasteiger partial charge on any atom is -0.481 e. The SMILES string of the molecule is C=C1/C(=C/C=C2\CCC[C@]3(C)[C@@H]([C@H](C)CCCC(=O)O)CC[C@@H]23)C[C@@H](O)C[C@@H]1O. The van der Waals surface area contributed by atoms with Gasteiger partial charge in [-0.2, -0.15) is 0 Å². The van der Waals surface area contributed by atoms with Crippen LogP contribution in [0.1, 0.15) is 78.1 Å². The Hall–Kier alpha value is -1.39. The average molecular weight is 403 g/mol. The number of hydrogen-bond acceptors (Lipinski definition) is 3. The van der Waals surface area contributed by atoms with E-state index < -0.39 is 18.2 Å². The van der Waals surface area contributed by atoms with Gasteiger partial charge in [-0.15, -0.1) is 0 Å². The van der Waals surface area contributed by atoms with Crippen molar-refractivity contribution in [3.63, 3.8) is 0 Å². The predicted octanol–water partition coefficient (Wildman–Crippen LogP) is 5.02. The summed E-state index contributed by atoms with van der Waals surface area (Å²) in [6.07, 6.45) is 12.3. The van der Waals surface area contributed by atoms with Crippen LogP contribution in [0.4, 0.5) is 0 Å². The third kappa shape index (κ3) is 4.86. The van der Waals surface area contributed by atoms with E-state index in [-0.39, 0.29) is 6.42 Å². The van der Waals surface area contributed by atoms with Gasteiger partial charge >= 0.3 is 5.97 Å². The van der Waals surface area contributed by atoms with Crippen LogP contribution in [0.25, 0.3) is 0 Å². The van der Waals surface area contributed by atoms with E-state index in [1.54, 1.807) is 0 Å².